The Morgan fingerprint density at radius 1 is 1.21 bits per heavy atom. The van der Waals surface area contributed by atoms with Crippen LogP contribution in [0.5, 0.6) is 0 Å². The van der Waals surface area contributed by atoms with E-state index in [1.165, 1.54) is 11.3 Å². The Kier molecular flexibility index (Phi) is 7.87. The van der Waals surface area contributed by atoms with Crippen molar-refractivity contribution in [1.29, 1.82) is 0 Å². The Morgan fingerprint density at radius 2 is 1.86 bits per heavy atom. The Balaban J connectivity index is 2.16. The Hall–Kier alpha value is -1.19. The smallest absolute Gasteiger partial charge is 0.409 e. The van der Waals surface area contributed by atoms with E-state index in [0.29, 0.717) is 18.8 Å². The first-order valence-electron chi connectivity index (χ1n) is 10.3. The van der Waals surface area contributed by atoms with Gasteiger partial charge in [-0.05, 0) is 32.6 Å². The maximum absolute atomic E-state index is 12.8. The van der Waals surface area contributed by atoms with Gasteiger partial charge in [0.15, 0.2) is 5.78 Å². The summed E-state index contributed by atoms with van der Waals surface area (Å²) < 4.78 is 32.7. The summed E-state index contributed by atoms with van der Waals surface area (Å²) in [7, 11) is -3.77. The number of carbonyl (C=O) groups excluding carboxylic acids is 1. The summed E-state index contributed by atoms with van der Waals surface area (Å²) >= 11 is 0. The van der Waals surface area contributed by atoms with Gasteiger partial charge in [0, 0.05) is 6.54 Å². The number of ketones is 1. The molecule has 0 aromatic rings. The van der Waals surface area contributed by atoms with Crippen LogP contribution >= 0.6 is 0 Å². The van der Waals surface area contributed by atoms with Crippen molar-refractivity contribution in [1.82, 2.24) is 9.62 Å². The summed E-state index contributed by atoms with van der Waals surface area (Å²) in [6.45, 7) is 5.45. The number of carboxylic acid groups (broad SMARTS) is 1. The van der Waals surface area contributed by atoms with Crippen LogP contribution < -0.4 is 4.72 Å². The average molecular weight is 419 g/mol. The molecule has 8 nitrogen and oxygen atoms in total. The first-order chi connectivity index (χ1) is 13.1. The molecule has 0 aromatic carbocycles. The zero-order chi connectivity index (χ0) is 20.9. The van der Waals surface area contributed by atoms with E-state index in [-0.39, 0.29) is 6.54 Å². The van der Waals surface area contributed by atoms with E-state index in [1.807, 2.05) is 6.92 Å². The quantitative estimate of drug-likeness (QED) is 0.557. The highest BCUT2D eigenvalue weighted by molar-refractivity contribution is 7.90. The van der Waals surface area contributed by atoms with E-state index < -0.39 is 45.5 Å². The summed E-state index contributed by atoms with van der Waals surface area (Å²) in [5.74, 6) is -0.944. The molecule has 0 aromatic heterocycles. The molecule has 2 rings (SSSR count). The lowest BCUT2D eigenvalue weighted by molar-refractivity contribution is -0.133. The summed E-state index contributed by atoms with van der Waals surface area (Å²) in [6, 6.07) is -0.658. The maximum atomic E-state index is 12.8. The summed E-state index contributed by atoms with van der Waals surface area (Å²) in [5.41, 5.74) is -1.18. The molecule has 0 spiro atoms. The van der Waals surface area contributed by atoms with Gasteiger partial charge in [0.2, 0.25) is 10.0 Å². The minimum Gasteiger partial charge on any atom is -0.465 e. The van der Waals surface area contributed by atoms with E-state index in [9.17, 15) is 23.1 Å². The monoisotopic (exact) mass is 418 g/mol. The zero-order valence-corrected chi connectivity index (χ0v) is 18.0. The highest BCUT2D eigenvalue weighted by atomic mass is 32.2. The van der Waals surface area contributed by atoms with E-state index in [0.717, 1.165) is 32.1 Å². The van der Waals surface area contributed by atoms with Gasteiger partial charge in [-0.1, -0.05) is 45.4 Å². The molecule has 2 fully saturated rings. The minimum absolute atomic E-state index is 0.288. The fourth-order valence-corrected chi connectivity index (χ4v) is 5.45. The zero-order valence-electron chi connectivity index (χ0n) is 17.1. The number of sulfonamides is 1. The normalized spacial score (nSPS) is 25.8. The van der Waals surface area contributed by atoms with Crippen molar-refractivity contribution in [2.45, 2.75) is 90.0 Å². The fraction of sp³-hybridized carbons (Fsp3) is 0.895. The molecule has 2 atom stereocenters. The third-order valence-electron chi connectivity index (χ3n) is 5.68. The van der Waals surface area contributed by atoms with E-state index in [1.54, 1.807) is 13.8 Å². The van der Waals surface area contributed by atoms with Crippen LogP contribution in [0.2, 0.25) is 0 Å². The van der Waals surface area contributed by atoms with Gasteiger partial charge >= 0.3 is 6.09 Å². The van der Waals surface area contributed by atoms with Crippen LogP contribution in [0.1, 0.15) is 72.1 Å². The highest BCUT2D eigenvalue weighted by Crippen LogP contribution is 2.38. The Labute approximate surface area is 168 Å². The van der Waals surface area contributed by atoms with Crippen molar-refractivity contribution in [3.63, 3.8) is 0 Å². The Morgan fingerprint density at radius 3 is 2.43 bits per heavy atom. The standard InChI is InChI=1S/C19H34N2O6S/c1-4-5-11-20-28(25,26)13-16(22)17-15(12-14-9-7-6-8-10-14)21(18(23)24)19(2,3)27-17/h14-15,17,20H,4-13H2,1-3H3,(H,23,24)/t15-,17?/m0/s1. The fourth-order valence-electron chi connectivity index (χ4n) is 4.35. The number of ether oxygens (including phenoxy) is 1. The van der Waals surface area contributed by atoms with Crippen LogP contribution in [-0.2, 0) is 19.6 Å². The molecule has 0 bridgehead atoms. The van der Waals surface area contributed by atoms with Crippen LogP contribution in [0.25, 0.3) is 0 Å². The molecule has 1 heterocycles. The first kappa shape index (κ1) is 23.1. The van der Waals surface area contributed by atoms with Crippen molar-refractivity contribution in [3.05, 3.63) is 0 Å². The summed E-state index contributed by atoms with van der Waals surface area (Å²) in [4.78, 5) is 25.9. The molecule has 2 N–H and O–H groups in total. The van der Waals surface area contributed by atoms with Crippen LogP contribution in [0, 0.1) is 5.92 Å². The third kappa shape index (κ3) is 5.90. The number of hydrogen-bond donors (Lipinski definition) is 2. The van der Waals surface area contributed by atoms with Gasteiger partial charge < -0.3 is 9.84 Å². The number of Topliss-reactive ketones (excluding diaryl/α,β-unsaturated/α-hetero) is 1. The molecule has 162 valence electrons. The molecule has 1 saturated carbocycles. The second kappa shape index (κ2) is 9.54. The molecule has 1 saturated heterocycles. The number of carbonyl (C=O) groups is 2. The largest absolute Gasteiger partial charge is 0.465 e. The second-order valence-electron chi connectivity index (χ2n) is 8.42. The first-order valence-corrected chi connectivity index (χ1v) is 11.9. The molecule has 28 heavy (non-hydrogen) atoms. The lowest BCUT2D eigenvalue weighted by Crippen LogP contribution is -2.49. The minimum atomic E-state index is -3.77. The van der Waals surface area contributed by atoms with Crippen molar-refractivity contribution >= 4 is 21.9 Å². The molecule has 1 aliphatic heterocycles. The predicted molar refractivity (Wildman–Crippen MR) is 106 cm³/mol. The van der Waals surface area contributed by atoms with E-state index >= 15 is 0 Å². The van der Waals surface area contributed by atoms with Crippen molar-refractivity contribution in [2.75, 3.05) is 12.3 Å². The van der Waals surface area contributed by atoms with Crippen LogP contribution in [0.15, 0.2) is 0 Å². The van der Waals surface area contributed by atoms with Crippen molar-refractivity contribution < 1.29 is 27.9 Å². The Bertz CT molecular complexity index is 657. The summed E-state index contributed by atoms with van der Waals surface area (Å²) in [5, 5.41) is 9.73. The number of rotatable bonds is 9. The summed E-state index contributed by atoms with van der Waals surface area (Å²) in [6.07, 6.45) is 5.23. The third-order valence-corrected chi connectivity index (χ3v) is 6.99. The lowest BCUT2D eigenvalue weighted by Gasteiger charge is -2.33. The van der Waals surface area contributed by atoms with Gasteiger partial charge in [0.05, 0.1) is 6.04 Å². The maximum Gasteiger partial charge on any atom is 0.409 e. The van der Waals surface area contributed by atoms with E-state index in [4.69, 9.17) is 4.74 Å². The van der Waals surface area contributed by atoms with Crippen LogP contribution in [0.3, 0.4) is 0 Å². The molecule has 0 radical (unpaired) electrons. The average Bonchev–Trinajstić information content (AvgIpc) is 2.86. The van der Waals surface area contributed by atoms with Gasteiger partial charge in [-0.3, -0.25) is 9.69 Å². The van der Waals surface area contributed by atoms with E-state index in [2.05, 4.69) is 4.72 Å². The van der Waals surface area contributed by atoms with Gasteiger partial charge in [-0.25, -0.2) is 17.9 Å². The molecule has 1 amide bonds. The predicted octanol–water partition coefficient (Wildman–Crippen LogP) is 2.73. The second-order valence-corrected chi connectivity index (χ2v) is 10.2. The van der Waals surface area contributed by atoms with Gasteiger partial charge in [0.25, 0.3) is 0 Å². The number of nitrogens with one attached hydrogen (secondary N) is 1. The van der Waals surface area contributed by atoms with Crippen LogP contribution in [0.4, 0.5) is 4.79 Å². The van der Waals surface area contributed by atoms with Crippen molar-refractivity contribution in [2.24, 2.45) is 5.92 Å². The van der Waals surface area contributed by atoms with Crippen molar-refractivity contribution in [3.8, 4) is 0 Å². The topological polar surface area (TPSA) is 113 Å². The lowest BCUT2D eigenvalue weighted by atomic mass is 9.83. The number of hydrogen-bond acceptors (Lipinski definition) is 5. The molecule has 1 aliphatic carbocycles. The number of amides is 1. The molecular formula is C19H34N2O6S. The number of unbranched alkanes of at least 4 members (excludes halogenated alkanes) is 1. The van der Waals surface area contributed by atoms with Gasteiger partial charge in [-0.2, -0.15) is 0 Å². The molecule has 2 aliphatic rings. The molecular weight excluding hydrogens is 384 g/mol. The van der Waals surface area contributed by atoms with Gasteiger partial charge in [-0.15, -0.1) is 0 Å². The molecule has 9 heteroatoms. The number of nitrogens with zero attached hydrogens (tertiary/aromatic N) is 1. The highest BCUT2D eigenvalue weighted by Gasteiger charge is 2.53. The SMILES string of the molecule is CCCCNS(=O)(=O)CC(=O)C1OC(C)(C)N(C(=O)O)[C@H]1CC1CCCCC1. The van der Waals surface area contributed by atoms with Crippen LogP contribution in [-0.4, -0.2) is 60.5 Å². The van der Waals surface area contributed by atoms with Gasteiger partial charge in [0.1, 0.15) is 17.6 Å². The molecule has 1 unspecified atom stereocenters.